The van der Waals surface area contributed by atoms with Crippen LogP contribution in [0.4, 0.5) is 13.2 Å². The van der Waals surface area contributed by atoms with Crippen molar-refractivity contribution in [1.82, 2.24) is 25.1 Å². The second-order valence-electron chi connectivity index (χ2n) is 5.29. The zero-order chi connectivity index (χ0) is 14.6. The van der Waals surface area contributed by atoms with Gasteiger partial charge in [0.2, 0.25) is 0 Å². The first-order valence-electron chi connectivity index (χ1n) is 7.04. The van der Waals surface area contributed by atoms with Crippen molar-refractivity contribution < 1.29 is 13.2 Å². The predicted molar refractivity (Wildman–Crippen MR) is 66.8 cm³/mol. The van der Waals surface area contributed by atoms with E-state index in [0.717, 1.165) is 19.4 Å². The van der Waals surface area contributed by atoms with E-state index in [0.29, 0.717) is 25.3 Å². The lowest BCUT2D eigenvalue weighted by molar-refractivity contribution is -0.187. The molecule has 114 valence electrons. The standard InChI is InChI=1S/C12H20F3N5/c1-2-3-7-20-11(16-17-18-20)9-19-6-4-5-10(8-19)12(13,14)15/h10H,2-9H2,1H3. The molecule has 8 heteroatoms. The summed E-state index contributed by atoms with van der Waals surface area (Å²) in [6.45, 7) is 3.90. The molecular formula is C12H20F3N5. The van der Waals surface area contributed by atoms with Crippen molar-refractivity contribution in [1.29, 1.82) is 0 Å². The van der Waals surface area contributed by atoms with Crippen LogP contribution >= 0.6 is 0 Å². The normalized spacial score (nSPS) is 21.3. The summed E-state index contributed by atoms with van der Waals surface area (Å²) in [5.41, 5.74) is 0. The minimum absolute atomic E-state index is 0.0458. The van der Waals surface area contributed by atoms with Crippen molar-refractivity contribution in [3.63, 3.8) is 0 Å². The molecule has 1 fully saturated rings. The minimum atomic E-state index is -4.10. The molecular weight excluding hydrogens is 271 g/mol. The molecule has 0 N–H and O–H groups in total. The average molecular weight is 291 g/mol. The van der Waals surface area contributed by atoms with Gasteiger partial charge >= 0.3 is 6.18 Å². The number of likely N-dealkylation sites (tertiary alicyclic amines) is 1. The molecule has 1 aliphatic heterocycles. The number of rotatable bonds is 5. The van der Waals surface area contributed by atoms with Crippen molar-refractivity contribution >= 4 is 0 Å². The van der Waals surface area contributed by atoms with E-state index >= 15 is 0 Å². The number of aryl methyl sites for hydroxylation is 1. The molecule has 0 bridgehead atoms. The number of piperidine rings is 1. The molecule has 0 saturated carbocycles. The zero-order valence-corrected chi connectivity index (χ0v) is 11.6. The highest BCUT2D eigenvalue weighted by molar-refractivity contribution is 4.85. The molecule has 0 aromatic carbocycles. The van der Waals surface area contributed by atoms with Gasteiger partial charge in [0.05, 0.1) is 12.5 Å². The second kappa shape index (κ2) is 6.51. The van der Waals surface area contributed by atoms with Gasteiger partial charge in [-0.25, -0.2) is 4.68 Å². The summed E-state index contributed by atoms with van der Waals surface area (Å²) in [6, 6.07) is 0. The molecule has 0 spiro atoms. The third kappa shape index (κ3) is 3.91. The number of unbranched alkanes of at least 4 members (excludes halogenated alkanes) is 1. The monoisotopic (exact) mass is 291 g/mol. The van der Waals surface area contributed by atoms with Crippen LogP contribution < -0.4 is 0 Å². The Kier molecular flexibility index (Phi) is 4.95. The first-order chi connectivity index (χ1) is 9.50. The molecule has 0 amide bonds. The molecule has 2 heterocycles. The predicted octanol–water partition coefficient (Wildman–Crippen LogP) is 2.25. The van der Waals surface area contributed by atoms with Crippen LogP contribution in [0, 0.1) is 5.92 Å². The maximum Gasteiger partial charge on any atom is 0.393 e. The maximum absolute atomic E-state index is 12.8. The van der Waals surface area contributed by atoms with Crippen molar-refractivity contribution in [3.8, 4) is 0 Å². The van der Waals surface area contributed by atoms with E-state index in [-0.39, 0.29) is 13.0 Å². The Bertz CT molecular complexity index is 417. The fourth-order valence-corrected chi connectivity index (χ4v) is 2.48. The van der Waals surface area contributed by atoms with Crippen molar-refractivity contribution in [2.75, 3.05) is 13.1 Å². The van der Waals surface area contributed by atoms with Gasteiger partial charge in [0.25, 0.3) is 0 Å². The molecule has 0 radical (unpaired) electrons. The molecule has 1 unspecified atom stereocenters. The van der Waals surface area contributed by atoms with Crippen LogP contribution in [-0.4, -0.2) is 44.4 Å². The lowest BCUT2D eigenvalue weighted by Crippen LogP contribution is -2.41. The summed E-state index contributed by atoms with van der Waals surface area (Å²) in [4.78, 5) is 1.80. The van der Waals surface area contributed by atoms with Gasteiger partial charge in [0.1, 0.15) is 0 Å². The Morgan fingerprint density at radius 1 is 1.35 bits per heavy atom. The highest BCUT2D eigenvalue weighted by Crippen LogP contribution is 2.33. The number of hydrogen-bond donors (Lipinski definition) is 0. The van der Waals surface area contributed by atoms with E-state index in [1.165, 1.54) is 0 Å². The number of halogens is 3. The van der Waals surface area contributed by atoms with Gasteiger partial charge in [0.15, 0.2) is 5.82 Å². The third-order valence-electron chi connectivity index (χ3n) is 3.66. The van der Waals surface area contributed by atoms with Gasteiger partial charge in [-0.2, -0.15) is 13.2 Å². The Labute approximate surface area is 116 Å². The number of tetrazole rings is 1. The van der Waals surface area contributed by atoms with E-state index in [1.54, 1.807) is 9.58 Å². The zero-order valence-electron chi connectivity index (χ0n) is 11.6. The minimum Gasteiger partial charge on any atom is -0.295 e. The van der Waals surface area contributed by atoms with Crippen LogP contribution in [0.15, 0.2) is 0 Å². The first-order valence-corrected chi connectivity index (χ1v) is 7.04. The molecule has 1 aliphatic rings. The van der Waals surface area contributed by atoms with E-state index < -0.39 is 12.1 Å². The Morgan fingerprint density at radius 2 is 2.15 bits per heavy atom. The number of alkyl halides is 3. The van der Waals surface area contributed by atoms with Gasteiger partial charge in [0, 0.05) is 13.1 Å². The Morgan fingerprint density at radius 3 is 2.85 bits per heavy atom. The van der Waals surface area contributed by atoms with E-state index in [9.17, 15) is 13.2 Å². The summed E-state index contributed by atoms with van der Waals surface area (Å²) < 4.78 is 40.0. The van der Waals surface area contributed by atoms with Gasteiger partial charge in [-0.15, -0.1) is 5.10 Å². The van der Waals surface area contributed by atoms with Crippen LogP contribution in [0.2, 0.25) is 0 Å². The summed E-state index contributed by atoms with van der Waals surface area (Å²) in [5, 5.41) is 11.4. The fraction of sp³-hybridized carbons (Fsp3) is 0.917. The van der Waals surface area contributed by atoms with E-state index in [2.05, 4.69) is 22.4 Å². The highest BCUT2D eigenvalue weighted by Gasteiger charge is 2.41. The van der Waals surface area contributed by atoms with Crippen LogP contribution in [0.3, 0.4) is 0 Å². The van der Waals surface area contributed by atoms with E-state index in [1.807, 2.05) is 0 Å². The van der Waals surface area contributed by atoms with Gasteiger partial charge in [-0.3, -0.25) is 4.90 Å². The SMILES string of the molecule is CCCCn1nnnc1CN1CCCC(C(F)(F)F)C1. The molecule has 0 aliphatic carbocycles. The van der Waals surface area contributed by atoms with Crippen LogP contribution in [-0.2, 0) is 13.1 Å². The molecule has 1 saturated heterocycles. The smallest absolute Gasteiger partial charge is 0.295 e. The molecule has 1 atom stereocenters. The lowest BCUT2D eigenvalue weighted by Gasteiger charge is -2.33. The third-order valence-corrected chi connectivity index (χ3v) is 3.66. The molecule has 5 nitrogen and oxygen atoms in total. The number of nitrogens with zero attached hydrogens (tertiary/aromatic N) is 5. The fourth-order valence-electron chi connectivity index (χ4n) is 2.48. The summed E-state index contributed by atoms with van der Waals surface area (Å²) in [7, 11) is 0. The Balaban J connectivity index is 1.94. The summed E-state index contributed by atoms with van der Waals surface area (Å²) >= 11 is 0. The van der Waals surface area contributed by atoms with Gasteiger partial charge in [-0.05, 0) is 36.2 Å². The van der Waals surface area contributed by atoms with Crippen molar-refractivity contribution in [2.45, 2.75) is 51.9 Å². The van der Waals surface area contributed by atoms with Crippen LogP contribution in [0.25, 0.3) is 0 Å². The van der Waals surface area contributed by atoms with Gasteiger partial charge in [-0.1, -0.05) is 13.3 Å². The maximum atomic E-state index is 12.8. The van der Waals surface area contributed by atoms with Gasteiger partial charge < -0.3 is 0 Å². The van der Waals surface area contributed by atoms with E-state index in [4.69, 9.17) is 0 Å². The lowest BCUT2D eigenvalue weighted by atomic mass is 9.97. The summed E-state index contributed by atoms with van der Waals surface area (Å²) in [5.74, 6) is -0.572. The van der Waals surface area contributed by atoms with Crippen LogP contribution in [0.1, 0.15) is 38.4 Å². The molecule has 1 aromatic heterocycles. The van der Waals surface area contributed by atoms with Crippen molar-refractivity contribution in [2.24, 2.45) is 5.92 Å². The number of aromatic nitrogens is 4. The topological polar surface area (TPSA) is 46.8 Å². The summed E-state index contributed by atoms with van der Waals surface area (Å²) in [6.07, 6.45) is -1.32. The highest BCUT2D eigenvalue weighted by atomic mass is 19.4. The second-order valence-corrected chi connectivity index (χ2v) is 5.29. The molecule has 1 aromatic rings. The van der Waals surface area contributed by atoms with Crippen molar-refractivity contribution in [3.05, 3.63) is 5.82 Å². The molecule has 20 heavy (non-hydrogen) atoms. The Hall–Kier alpha value is -1.18. The van der Waals surface area contributed by atoms with Crippen LogP contribution in [0.5, 0.6) is 0 Å². The molecule has 2 rings (SSSR count). The first kappa shape index (κ1) is 15.2. The quantitative estimate of drug-likeness (QED) is 0.835. The number of hydrogen-bond acceptors (Lipinski definition) is 4. The largest absolute Gasteiger partial charge is 0.393 e. The average Bonchev–Trinajstić information content (AvgIpc) is 2.83.